The lowest BCUT2D eigenvalue weighted by Crippen LogP contribution is -2.46. The number of amides is 1. The van der Waals surface area contributed by atoms with Crippen molar-refractivity contribution >= 4 is 28.4 Å². The molecule has 4 aromatic rings. The Morgan fingerprint density at radius 2 is 1.64 bits per heavy atom. The summed E-state index contributed by atoms with van der Waals surface area (Å²) >= 11 is 6.70. The molecule has 0 bridgehead atoms. The van der Waals surface area contributed by atoms with Crippen molar-refractivity contribution in [2.24, 2.45) is 0 Å². The molecule has 13 heteroatoms. The fourth-order valence-corrected chi connectivity index (χ4v) is 7.41. The molecule has 2 aliphatic heterocycles. The Labute approximate surface area is 291 Å². The number of hydrogen-bond acceptors (Lipinski definition) is 5. The molecule has 1 aromatic heterocycles. The van der Waals surface area contributed by atoms with Crippen molar-refractivity contribution in [1.29, 1.82) is 0 Å². The summed E-state index contributed by atoms with van der Waals surface area (Å²) in [5.41, 5.74) is -0.968. The summed E-state index contributed by atoms with van der Waals surface area (Å²) < 4.78 is 90.8. The first-order valence-corrected chi connectivity index (χ1v) is 17.0. The number of carbonyl (C=O) groups excluding carboxylic acids is 1. The Bertz CT molecular complexity index is 1820. The lowest BCUT2D eigenvalue weighted by atomic mass is 9.93. The van der Waals surface area contributed by atoms with Gasteiger partial charge in [-0.2, -0.15) is 26.3 Å². The van der Waals surface area contributed by atoms with Crippen molar-refractivity contribution < 1.29 is 35.9 Å². The van der Waals surface area contributed by atoms with Crippen molar-refractivity contribution in [2.45, 2.75) is 63.1 Å². The predicted molar refractivity (Wildman–Crippen MR) is 180 cm³/mol. The number of methoxy groups -OCH3 is 1. The van der Waals surface area contributed by atoms with Gasteiger partial charge in [-0.1, -0.05) is 60.5 Å². The zero-order chi connectivity index (χ0) is 35.6. The van der Waals surface area contributed by atoms with Gasteiger partial charge in [-0.25, -0.2) is 4.98 Å². The molecule has 2 aliphatic rings. The van der Waals surface area contributed by atoms with E-state index in [9.17, 15) is 31.1 Å². The van der Waals surface area contributed by atoms with Crippen LogP contribution >= 0.6 is 11.6 Å². The zero-order valence-electron chi connectivity index (χ0n) is 27.4. The maximum Gasteiger partial charge on any atom is 0.416 e. The number of hydrogen-bond donors (Lipinski definition) is 1. The number of benzene rings is 3. The summed E-state index contributed by atoms with van der Waals surface area (Å²) in [5, 5.41) is 2.32. The third-order valence-electron chi connectivity index (χ3n) is 9.65. The summed E-state index contributed by atoms with van der Waals surface area (Å²) in [6.07, 6.45) is -4.35. The van der Waals surface area contributed by atoms with Gasteiger partial charge in [-0.05, 0) is 81.7 Å². The van der Waals surface area contributed by atoms with Crippen LogP contribution in [-0.2, 0) is 12.7 Å². The number of likely N-dealkylation sites (tertiary alicyclic amines) is 2. The molecule has 1 atom stereocenters. The van der Waals surface area contributed by atoms with E-state index in [1.807, 2.05) is 0 Å². The molecule has 6 rings (SSSR count). The highest BCUT2D eigenvalue weighted by atomic mass is 35.5. The quantitative estimate of drug-likeness (QED) is 0.184. The van der Waals surface area contributed by atoms with Gasteiger partial charge in [0.15, 0.2) is 6.04 Å². The van der Waals surface area contributed by atoms with Crippen LogP contribution in [0.5, 0.6) is 5.75 Å². The number of rotatable bonds is 8. The van der Waals surface area contributed by atoms with Crippen LogP contribution in [0.3, 0.4) is 0 Å². The Hall–Kier alpha value is -3.87. The molecule has 1 amide bonds. The lowest BCUT2D eigenvalue weighted by Gasteiger charge is -2.40. The van der Waals surface area contributed by atoms with Crippen LogP contribution in [0.4, 0.5) is 26.3 Å². The number of fused-ring (bicyclic) bond motifs is 1. The van der Waals surface area contributed by atoms with Crippen molar-refractivity contribution in [2.75, 3.05) is 33.3 Å². The maximum absolute atomic E-state index is 14.5. The minimum Gasteiger partial charge on any atom is -0.495 e. The highest BCUT2D eigenvalue weighted by Gasteiger charge is 2.43. The Morgan fingerprint density at radius 3 is 2.28 bits per heavy atom. The number of aromatic nitrogens is 1. The van der Waals surface area contributed by atoms with Gasteiger partial charge in [0.2, 0.25) is 0 Å². The Kier molecular flexibility index (Phi) is 10.6. The third kappa shape index (κ3) is 7.72. The summed E-state index contributed by atoms with van der Waals surface area (Å²) in [7, 11) is 1.37. The van der Waals surface area contributed by atoms with Crippen molar-refractivity contribution in [3.05, 3.63) is 94.0 Å². The SMILES string of the molecule is COc1ccc2c(C(=O)N[C@H](c3ccccc3)C(F)(F)F)c(CN3CCC(N4CCCCC4)CC3)c(-c3cccc(C(F)(F)F)c3)nc2c1Cl. The predicted octanol–water partition coefficient (Wildman–Crippen LogP) is 9.07. The molecular weight excluding hydrogens is 682 g/mol. The molecule has 1 N–H and O–H groups in total. The first kappa shape index (κ1) is 35.9. The number of ether oxygens (including phenoxy) is 1. The van der Waals surface area contributed by atoms with Crippen LogP contribution in [0.15, 0.2) is 66.7 Å². The Balaban J connectivity index is 1.50. The van der Waals surface area contributed by atoms with Crippen LogP contribution in [0.2, 0.25) is 5.02 Å². The number of nitrogens with zero attached hydrogens (tertiary/aromatic N) is 3. The first-order valence-electron chi connectivity index (χ1n) is 16.6. The first-order chi connectivity index (χ1) is 23.8. The number of alkyl halides is 6. The van der Waals surface area contributed by atoms with E-state index in [1.165, 1.54) is 62.1 Å². The van der Waals surface area contributed by atoms with Crippen LogP contribution in [0.1, 0.15) is 65.2 Å². The number of pyridine rings is 1. The minimum atomic E-state index is -4.86. The molecule has 0 aliphatic carbocycles. The molecule has 0 unspecified atom stereocenters. The summed E-state index contributed by atoms with van der Waals surface area (Å²) in [6.45, 7) is 3.39. The number of nitrogens with one attached hydrogen (secondary N) is 1. The third-order valence-corrected chi connectivity index (χ3v) is 10.0. The van der Waals surface area contributed by atoms with Crippen molar-refractivity contribution in [1.82, 2.24) is 20.1 Å². The van der Waals surface area contributed by atoms with E-state index in [0.717, 1.165) is 50.9 Å². The van der Waals surface area contributed by atoms with E-state index in [0.29, 0.717) is 19.1 Å². The monoisotopic (exact) mass is 718 g/mol. The van der Waals surface area contributed by atoms with Crippen LogP contribution in [-0.4, -0.2) is 66.2 Å². The normalized spacial score (nSPS) is 17.5. The number of carbonyl (C=O) groups is 1. The molecule has 2 fully saturated rings. The van der Waals surface area contributed by atoms with E-state index in [-0.39, 0.29) is 56.2 Å². The van der Waals surface area contributed by atoms with Gasteiger partial charge in [-0.3, -0.25) is 9.69 Å². The summed E-state index contributed by atoms with van der Waals surface area (Å²) in [5.74, 6) is -0.880. The topological polar surface area (TPSA) is 57.7 Å². The largest absolute Gasteiger partial charge is 0.495 e. The van der Waals surface area contributed by atoms with Crippen LogP contribution in [0.25, 0.3) is 22.2 Å². The van der Waals surface area contributed by atoms with Gasteiger partial charge in [0, 0.05) is 29.1 Å². The van der Waals surface area contributed by atoms with E-state index in [1.54, 1.807) is 6.07 Å². The highest BCUT2D eigenvalue weighted by Crippen LogP contribution is 2.41. The second-order valence-electron chi connectivity index (χ2n) is 12.8. The maximum atomic E-state index is 14.5. The van der Waals surface area contributed by atoms with Gasteiger partial charge in [0.1, 0.15) is 10.8 Å². The molecule has 0 radical (unpaired) electrons. The molecule has 2 saturated heterocycles. The summed E-state index contributed by atoms with van der Waals surface area (Å²) in [6, 6.07) is 12.5. The summed E-state index contributed by atoms with van der Waals surface area (Å²) in [4.78, 5) is 23.7. The Morgan fingerprint density at radius 1 is 0.940 bits per heavy atom. The molecule has 266 valence electrons. The molecule has 3 heterocycles. The number of halogens is 7. The van der Waals surface area contributed by atoms with Gasteiger partial charge in [0.05, 0.1) is 29.4 Å². The van der Waals surface area contributed by atoms with E-state index >= 15 is 0 Å². The molecule has 3 aromatic carbocycles. The van der Waals surface area contributed by atoms with Gasteiger partial charge < -0.3 is 15.0 Å². The highest BCUT2D eigenvalue weighted by molar-refractivity contribution is 6.37. The standard InChI is InChI=1S/C37H37ClF6N4O2/c1-50-29-14-13-27-30(35(49)46-34(37(42,43)44)23-9-4-2-5-10-23)28(22-47-19-15-26(16-20-47)48-17-6-3-7-18-48)32(45-33(27)31(29)38)24-11-8-12-25(21-24)36(39,40)41/h2,4-5,8-14,21,26,34H,3,6-7,15-20,22H2,1H3,(H,46,49)/t34-/m1/s1. The van der Waals surface area contributed by atoms with Crippen molar-refractivity contribution in [3.8, 4) is 17.0 Å². The van der Waals surface area contributed by atoms with Gasteiger partial charge in [-0.15, -0.1) is 0 Å². The number of piperidine rings is 2. The minimum absolute atomic E-state index is 0.0133. The van der Waals surface area contributed by atoms with Crippen molar-refractivity contribution in [3.63, 3.8) is 0 Å². The van der Waals surface area contributed by atoms with E-state index in [4.69, 9.17) is 21.3 Å². The molecule has 0 saturated carbocycles. The second-order valence-corrected chi connectivity index (χ2v) is 13.2. The second kappa shape index (κ2) is 14.8. The van der Waals surface area contributed by atoms with Crippen LogP contribution < -0.4 is 10.1 Å². The average molecular weight is 719 g/mol. The molecule has 0 spiro atoms. The molecular formula is C37H37ClF6N4O2. The van der Waals surface area contributed by atoms with Crippen LogP contribution in [0, 0.1) is 0 Å². The van der Waals surface area contributed by atoms with Gasteiger partial charge >= 0.3 is 12.4 Å². The zero-order valence-corrected chi connectivity index (χ0v) is 28.1. The lowest BCUT2D eigenvalue weighted by molar-refractivity contribution is -0.155. The molecule has 6 nitrogen and oxygen atoms in total. The fourth-order valence-electron chi connectivity index (χ4n) is 7.12. The van der Waals surface area contributed by atoms with E-state index in [2.05, 4.69) is 15.1 Å². The van der Waals surface area contributed by atoms with Gasteiger partial charge in [0.25, 0.3) is 5.91 Å². The smallest absolute Gasteiger partial charge is 0.416 e. The van der Waals surface area contributed by atoms with E-state index < -0.39 is 29.9 Å². The fraction of sp³-hybridized carbons (Fsp3) is 0.405. The molecule has 50 heavy (non-hydrogen) atoms. The average Bonchev–Trinajstić information content (AvgIpc) is 3.11.